The molecule has 1 aliphatic rings. The quantitative estimate of drug-likeness (QED) is 0.403. The fourth-order valence-electron chi connectivity index (χ4n) is 2.19. The first-order valence-electron chi connectivity index (χ1n) is 7.57. The Kier molecular flexibility index (Phi) is 6.43. The van der Waals surface area contributed by atoms with Crippen LogP contribution in [0.3, 0.4) is 0 Å². The van der Waals surface area contributed by atoms with Crippen molar-refractivity contribution in [1.29, 1.82) is 0 Å². The smallest absolute Gasteiger partial charge is 0.263 e. The lowest BCUT2D eigenvalue weighted by Gasteiger charge is -2.11. The lowest BCUT2D eigenvalue weighted by molar-refractivity contribution is -0.115. The van der Waals surface area contributed by atoms with Crippen LogP contribution in [-0.2, 0) is 4.79 Å². The van der Waals surface area contributed by atoms with Gasteiger partial charge in [-0.05, 0) is 30.3 Å². The van der Waals surface area contributed by atoms with Crippen LogP contribution in [0.5, 0.6) is 11.5 Å². The molecule has 1 fully saturated rings. The average molecular weight is 426 g/mol. The van der Waals surface area contributed by atoms with Crippen LogP contribution in [0, 0.1) is 0 Å². The lowest BCUT2D eigenvalue weighted by Crippen LogP contribution is -2.17. The summed E-state index contributed by atoms with van der Waals surface area (Å²) in [4.78, 5) is 12.3. The number of hydrogen-bond acceptors (Lipinski definition) is 5. The Labute approximate surface area is 170 Å². The molecule has 0 atom stereocenters. The van der Waals surface area contributed by atoms with Crippen molar-refractivity contribution in [3.8, 4) is 11.5 Å². The number of amides is 1. The van der Waals surface area contributed by atoms with E-state index >= 15 is 0 Å². The van der Waals surface area contributed by atoms with Crippen LogP contribution in [0.4, 0.5) is 0 Å². The van der Waals surface area contributed by atoms with Crippen molar-refractivity contribution in [3.05, 3.63) is 63.0 Å². The van der Waals surface area contributed by atoms with Crippen molar-refractivity contribution in [3.63, 3.8) is 0 Å². The Morgan fingerprint density at radius 1 is 1.08 bits per heavy atom. The highest BCUT2D eigenvalue weighted by Gasteiger charge is 2.22. The molecule has 0 radical (unpaired) electrons. The molecular weight excluding hydrogens is 413 g/mol. The van der Waals surface area contributed by atoms with Gasteiger partial charge in [0, 0.05) is 10.6 Å². The average Bonchev–Trinajstić information content (AvgIpc) is 2.92. The predicted octanol–water partition coefficient (Wildman–Crippen LogP) is 4.94. The van der Waals surface area contributed by atoms with E-state index in [2.05, 4.69) is 5.32 Å². The highest BCUT2D eigenvalue weighted by molar-refractivity contribution is 8.26. The third-order valence-corrected chi connectivity index (χ3v) is 5.03. The van der Waals surface area contributed by atoms with Crippen molar-refractivity contribution in [2.24, 2.45) is 0 Å². The molecular formula is C18H13Cl2NO3S2. The molecule has 1 amide bonds. The number of thiocarbonyl (C=S) groups is 1. The highest BCUT2D eigenvalue weighted by atomic mass is 35.5. The van der Waals surface area contributed by atoms with Gasteiger partial charge in [0.15, 0.2) is 0 Å². The monoisotopic (exact) mass is 425 g/mol. The topological polar surface area (TPSA) is 47.6 Å². The summed E-state index contributed by atoms with van der Waals surface area (Å²) in [5.74, 6) is 0.996. The van der Waals surface area contributed by atoms with Gasteiger partial charge >= 0.3 is 0 Å². The highest BCUT2D eigenvalue weighted by Crippen LogP contribution is 2.30. The van der Waals surface area contributed by atoms with E-state index in [0.29, 0.717) is 44.0 Å². The number of benzene rings is 2. The molecule has 26 heavy (non-hydrogen) atoms. The van der Waals surface area contributed by atoms with Crippen LogP contribution in [-0.4, -0.2) is 23.4 Å². The molecule has 1 saturated heterocycles. The Morgan fingerprint density at radius 2 is 1.81 bits per heavy atom. The second kappa shape index (κ2) is 8.77. The van der Waals surface area contributed by atoms with Gasteiger partial charge in [0.25, 0.3) is 5.91 Å². The first-order chi connectivity index (χ1) is 12.5. The van der Waals surface area contributed by atoms with Gasteiger partial charge in [-0.1, -0.05) is 65.4 Å². The van der Waals surface area contributed by atoms with Gasteiger partial charge in [-0.25, -0.2) is 0 Å². The second-order valence-electron chi connectivity index (χ2n) is 5.16. The van der Waals surface area contributed by atoms with E-state index in [1.165, 1.54) is 11.8 Å². The molecule has 0 spiro atoms. The van der Waals surface area contributed by atoms with E-state index in [1.807, 2.05) is 24.3 Å². The molecule has 0 bridgehead atoms. The maximum Gasteiger partial charge on any atom is 0.263 e. The molecule has 2 aromatic rings. The van der Waals surface area contributed by atoms with Gasteiger partial charge in [-0.2, -0.15) is 0 Å². The normalized spacial score (nSPS) is 15.2. The minimum Gasteiger partial charge on any atom is -0.489 e. The SMILES string of the molecule is O=C1NC(=S)SC1=Cc1ccccc1OCCOc1ccc(Cl)cc1Cl. The minimum absolute atomic E-state index is 0.199. The molecule has 3 rings (SSSR count). The number of para-hydroxylation sites is 1. The Bertz CT molecular complexity index is 886. The number of rotatable bonds is 6. The number of carbonyl (C=O) groups excluding carboxylic acids is 1. The van der Waals surface area contributed by atoms with E-state index in [-0.39, 0.29) is 5.91 Å². The van der Waals surface area contributed by atoms with Crippen molar-refractivity contribution in [2.75, 3.05) is 13.2 Å². The molecule has 0 aromatic heterocycles. The van der Waals surface area contributed by atoms with E-state index < -0.39 is 0 Å². The number of hydrogen-bond donors (Lipinski definition) is 1. The zero-order valence-electron chi connectivity index (χ0n) is 13.3. The van der Waals surface area contributed by atoms with Crippen molar-refractivity contribution < 1.29 is 14.3 Å². The lowest BCUT2D eigenvalue weighted by atomic mass is 10.2. The van der Waals surface area contributed by atoms with Gasteiger partial charge in [-0.15, -0.1) is 0 Å². The third kappa shape index (κ3) is 4.92. The molecule has 1 heterocycles. The van der Waals surface area contributed by atoms with Crippen LogP contribution in [0.2, 0.25) is 10.0 Å². The first-order valence-corrected chi connectivity index (χ1v) is 9.55. The van der Waals surface area contributed by atoms with Crippen molar-refractivity contribution >= 4 is 63.5 Å². The summed E-state index contributed by atoms with van der Waals surface area (Å²) in [6.07, 6.45) is 1.76. The zero-order valence-corrected chi connectivity index (χ0v) is 16.5. The summed E-state index contributed by atoms with van der Waals surface area (Å²) < 4.78 is 11.8. The number of carbonyl (C=O) groups is 1. The number of ether oxygens (including phenoxy) is 2. The summed E-state index contributed by atoms with van der Waals surface area (Å²) in [5, 5.41) is 3.59. The molecule has 1 aliphatic heterocycles. The van der Waals surface area contributed by atoms with E-state index in [4.69, 9.17) is 44.9 Å². The van der Waals surface area contributed by atoms with Gasteiger partial charge in [-0.3, -0.25) is 4.79 Å². The van der Waals surface area contributed by atoms with Crippen LogP contribution in [0.1, 0.15) is 5.56 Å². The van der Waals surface area contributed by atoms with Gasteiger partial charge < -0.3 is 14.8 Å². The van der Waals surface area contributed by atoms with Crippen LogP contribution in [0.15, 0.2) is 47.4 Å². The zero-order chi connectivity index (χ0) is 18.5. The van der Waals surface area contributed by atoms with Gasteiger partial charge in [0.2, 0.25) is 0 Å². The molecule has 0 aliphatic carbocycles. The standard InChI is InChI=1S/C18H13Cl2NO3S2/c19-12-5-6-15(13(20)10-12)24-8-7-23-14-4-2-1-3-11(14)9-16-17(22)21-18(25)26-16/h1-6,9-10H,7-8H2,(H,21,22,25). The first kappa shape index (κ1) is 19.0. The summed E-state index contributed by atoms with van der Waals surface area (Å²) in [6.45, 7) is 0.627. The van der Waals surface area contributed by atoms with Crippen LogP contribution in [0.25, 0.3) is 6.08 Å². The Balaban J connectivity index is 1.61. The molecule has 4 nitrogen and oxygen atoms in total. The predicted molar refractivity (Wildman–Crippen MR) is 110 cm³/mol. The summed E-state index contributed by atoms with van der Waals surface area (Å²) >= 11 is 18.1. The van der Waals surface area contributed by atoms with Gasteiger partial charge in [0.05, 0.1) is 9.93 Å². The molecule has 0 saturated carbocycles. The maximum absolute atomic E-state index is 11.8. The molecule has 2 aromatic carbocycles. The number of nitrogens with one attached hydrogen (secondary N) is 1. The Hall–Kier alpha value is -1.73. The summed E-state index contributed by atoms with van der Waals surface area (Å²) in [7, 11) is 0. The largest absolute Gasteiger partial charge is 0.489 e. The number of thioether (sulfide) groups is 1. The van der Waals surface area contributed by atoms with Crippen LogP contribution < -0.4 is 14.8 Å². The van der Waals surface area contributed by atoms with Crippen molar-refractivity contribution in [2.45, 2.75) is 0 Å². The fraction of sp³-hybridized carbons (Fsp3) is 0.111. The number of halogens is 2. The minimum atomic E-state index is -0.199. The van der Waals surface area contributed by atoms with Crippen molar-refractivity contribution in [1.82, 2.24) is 5.32 Å². The molecule has 1 N–H and O–H groups in total. The molecule has 0 unspecified atom stereocenters. The molecule has 8 heteroatoms. The van der Waals surface area contributed by atoms with E-state index in [0.717, 1.165) is 5.56 Å². The van der Waals surface area contributed by atoms with E-state index in [1.54, 1.807) is 24.3 Å². The third-order valence-electron chi connectivity index (χ3n) is 3.34. The Morgan fingerprint density at radius 3 is 2.50 bits per heavy atom. The van der Waals surface area contributed by atoms with Gasteiger partial charge in [0.1, 0.15) is 29.0 Å². The maximum atomic E-state index is 11.8. The van der Waals surface area contributed by atoms with E-state index in [9.17, 15) is 4.79 Å². The summed E-state index contributed by atoms with van der Waals surface area (Å²) in [6, 6.07) is 12.5. The summed E-state index contributed by atoms with van der Waals surface area (Å²) in [5.41, 5.74) is 0.791. The second-order valence-corrected chi connectivity index (χ2v) is 7.72. The van der Waals surface area contributed by atoms with Crippen LogP contribution >= 0.6 is 47.2 Å². The molecule has 134 valence electrons. The fourth-order valence-corrected chi connectivity index (χ4v) is 3.69.